The van der Waals surface area contributed by atoms with Crippen molar-refractivity contribution in [3.05, 3.63) is 0 Å². The van der Waals surface area contributed by atoms with Gasteiger partial charge >= 0.3 is 211 Å². The summed E-state index contributed by atoms with van der Waals surface area (Å²) in [6.45, 7) is 0.938. The van der Waals surface area contributed by atoms with Gasteiger partial charge in [-0.25, -0.2) is 0 Å². The Morgan fingerprint density at radius 2 is 2.00 bits per heavy atom. The van der Waals surface area contributed by atoms with Gasteiger partial charge in [0.15, 0.2) is 0 Å². The molecule has 1 aliphatic carbocycles. The molecule has 0 amide bonds. The molecule has 2 N–H and O–H groups in total. The predicted octanol–water partition coefficient (Wildman–Crippen LogP) is -11.8. The first-order valence-electron chi connectivity index (χ1n) is 4.80. The Balaban J connectivity index is 2.78. The zero-order valence-electron chi connectivity index (χ0n) is 9.26. The molecule has 0 aromatic carbocycles. The number of alkyl halides is 8. The molecular weight excluding hydrogens is 1250 g/mol. The third-order valence-electron chi connectivity index (χ3n) is 2.53. The second-order valence-corrected chi connectivity index (χ2v) is 32.9. The summed E-state index contributed by atoms with van der Waals surface area (Å²) >= 11 is 13.2. The fraction of sp³-hybridized carbons (Fsp3) is 1.00. The van der Waals surface area contributed by atoms with Gasteiger partial charge in [-0.1, -0.05) is 0 Å². The summed E-state index contributed by atoms with van der Waals surface area (Å²) in [6.07, 6.45) is 1.61. The monoisotopic (exact) mass is 1270 g/mol. The molecule has 0 heterocycles. The molecular formula is C8H13I9N-5. The minimum atomic E-state index is 0.368. The van der Waals surface area contributed by atoms with Gasteiger partial charge in [-0.2, -0.15) is 0 Å². The fourth-order valence-electron chi connectivity index (χ4n) is 1.50. The van der Waals surface area contributed by atoms with Crippen LogP contribution in [0.3, 0.4) is 0 Å². The van der Waals surface area contributed by atoms with Crippen LogP contribution in [0.4, 0.5) is 0 Å². The predicted molar refractivity (Wildman–Crippen MR) is 93.3 cm³/mol. The standard InChI is InChI=1S/C8H13I9N/c1-13-8(9,6(15-10)14-2-3-18)5-4-7(5,16-11)17-12/h5-6H,2-4,18H2,1H3/q-5/t5?,6-,8-/m0/s1. The summed E-state index contributed by atoms with van der Waals surface area (Å²) < 4.78 is 4.20. The van der Waals surface area contributed by atoms with Crippen LogP contribution in [-0.2, 0) is 0 Å². The van der Waals surface area contributed by atoms with Gasteiger partial charge in [0.2, 0.25) is 0 Å². The van der Waals surface area contributed by atoms with Crippen molar-refractivity contribution in [2.24, 2.45) is 11.7 Å². The van der Waals surface area contributed by atoms with Gasteiger partial charge in [0.1, 0.15) is 0 Å². The van der Waals surface area contributed by atoms with Crippen molar-refractivity contribution in [3.63, 3.8) is 0 Å². The Hall–Kier alpha value is 6.53. The van der Waals surface area contributed by atoms with Crippen molar-refractivity contribution in [1.82, 2.24) is 0 Å². The van der Waals surface area contributed by atoms with E-state index in [1.165, 1.54) is 4.43 Å². The van der Waals surface area contributed by atoms with Crippen molar-refractivity contribution >= 4 is 78.4 Å². The van der Waals surface area contributed by atoms with Crippen molar-refractivity contribution in [2.45, 2.75) is 11.2 Å². The molecule has 3 atom stereocenters. The number of hydrogen-bond donors (Lipinski definition) is 1. The van der Waals surface area contributed by atoms with E-state index in [0.717, 1.165) is 17.3 Å². The zero-order chi connectivity index (χ0) is 13.8. The first-order chi connectivity index (χ1) is 8.54. The van der Waals surface area contributed by atoms with Crippen LogP contribution in [0.15, 0.2) is 0 Å². The van der Waals surface area contributed by atoms with Gasteiger partial charge in [0.25, 0.3) is 0 Å². The number of nitrogens with two attached hydrogens (primary N) is 1. The van der Waals surface area contributed by atoms with Crippen LogP contribution in [-0.4, -0.2) is 20.7 Å². The summed E-state index contributed by atoms with van der Waals surface area (Å²) in [5.41, 5.74) is 5.77. The Kier molecular flexibility index (Phi) is 14.2. The molecule has 0 saturated heterocycles. The van der Waals surface area contributed by atoms with Crippen molar-refractivity contribution in [2.75, 3.05) is 15.9 Å². The third-order valence-corrected chi connectivity index (χ3v) is 58.6. The van der Waals surface area contributed by atoms with E-state index in [1.807, 2.05) is 0 Å². The summed E-state index contributed by atoms with van der Waals surface area (Å²) in [4.78, 5) is 2.56. The van der Waals surface area contributed by atoms with Crippen molar-refractivity contribution in [3.8, 4) is 0 Å². The molecule has 1 fully saturated rings. The van der Waals surface area contributed by atoms with Gasteiger partial charge < -0.3 is 0 Å². The first-order valence-corrected chi connectivity index (χ1v) is 34.1. The van der Waals surface area contributed by atoms with Gasteiger partial charge in [-0.3, -0.25) is 0 Å². The molecule has 0 bridgehead atoms. The van der Waals surface area contributed by atoms with E-state index in [4.69, 9.17) is 5.73 Å². The maximum atomic E-state index is 5.77. The summed E-state index contributed by atoms with van der Waals surface area (Å²) in [5, 5.41) is 0. The van der Waals surface area contributed by atoms with Crippen LogP contribution < -0.4 is 99.8 Å². The van der Waals surface area contributed by atoms with Crippen LogP contribution in [0, 0.1) is 5.92 Å². The number of halogens is 9. The quantitative estimate of drug-likeness (QED) is 0.181. The summed E-state index contributed by atoms with van der Waals surface area (Å²) in [7, 11) is 0. The van der Waals surface area contributed by atoms with Crippen LogP contribution >= 0.6 is 78.4 Å². The molecule has 0 radical (unpaired) electrons. The van der Waals surface area contributed by atoms with Gasteiger partial charge in [0.05, 0.1) is 0 Å². The molecule has 0 aromatic rings. The number of hydrogen-bond acceptors (Lipinski definition) is 1. The van der Waals surface area contributed by atoms with E-state index in [9.17, 15) is 0 Å². The molecule has 18 heavy (non-hydrogen) atoms. The Labute approximate surface area is 205 Å². The average Bonchev–Trinajstić information content (AvgIpc) is 3.15. The van der Waals surface area contributed by atoms with Crippen LogP contribution in [0.2, 0.25) is 0 Å². The zero-order valence-corrected chi connectivity index (χ0v) is 28.7. The average molecular weight is 1270 g/mol. The third kappa shape index (κ3) is 5.77. The van der Waals surface area contributed by atoms with Crippen molar-refractivity contribution < 1.29 is 94.1 Å². The topological polar surface area (TPSA) is 26.0 Å². The van der Waals surface area contributed by atoms with E-state index < -0.39 is 0 Å². The van der Waals surface area contributed by atoms with E-state index in [2.05, 4.69) is 83.4 Å². The Bertz CT molecular complexity index is 261. The molecule has 1 aliphatic rings. The normalized spacial score (nSPS) is 27.8. The van der Waals surface area contributed by atoms with E-state index in [-0.39, 0.29) is 0 Å². The van der Waals surface area contributed by atoms with E-state index in [1.54, 1.807) is 6.42 Å². The first kappa shape index (κ1) is 22.6. The molecule has 1 rings (SSSR count). The molecule has 118 valence electrons. The molecule has 0 spiro atoms. The summed E-state index contributed by atoms with van der Waals surface area (Å²) in [6, 6.07) is 0. The van der Waals surface area contributed by atoms with Gasteiger partial charge in [0, 0.05) is 0 Å². The molecule has 1 unspecified atom stereocenters. The molecule has 0 aromatic heterocycles. The molecule has 10 heteroatoms. The fourth-order valence-corrected chi connectivity index (χ4v) is 62.5. The van der Waals surface area contributed by atoms with Crippen LogP contribution in [0.5, 0.6) is 0 Å². The van der Waals surface area contributed by atoms with Gasteiger partial charge in [-0.15, -0.1) is 0 Å². The van der Waals surface area contributed by atoms with Gasteiger partial charge in [-0.05, 0) is 0 Å². The van der Waals surface area contributed by atoms with Crippen molar-refractivity contribution in [1.29, 1.82) is 0 Å². The SMILES string of the molecule is C[I-][C@@](I)(C1CC1([I-]I)[I-]I)[C@H]([I-]I)[I-]CCN. The maximum absolute atomic E-state index is 5.77. The Morgan fingerprint density at radius 1 is 1.39 bits per heavy atom. The van der Waals surface area contributed by atoms with E-state index >= 15 is 0 Å². The second-order valence-electron chi connectivity index (χ2n) is 3.54. The molecule has 1 nitrogen and oxygen atoms in total. The summed E-state index contributed by atoms with van der Waals surface area (Å²) in [5.74, 6) is 1.13. The van der Waals surface area contributed by atoms with Crippen LogP contribution in [0.1, 0.15) is 6.42 Å². The molecule has 1 saturated carbocycles. The van der Waals surface area contributed by atoms with E-state index in [0.29, 0.717) is 94.1 Å². The second kappa shape index (κ2) is 11.3. The number of rotatable bonds is 9. The minimum absolute atomic E-state index is 0.368. The molecule has 0 aliphatic heterocycles. The Morgan fingerprint density at radius 3 is 2.33 bits per heavy atom. The van der Waals surface area contributed by atoms with Crippen LogP contribution in [0.25, 0.3) is 0 Å².